The number of carbonyl (C=O) groups excluding carboxylic acids is 2. The van der Waals surface area contributed by atoms with Crippen molar-refractivity contribution in [3.8, 4) is 17.2 Å². The van der Waals surface area contributed by atoms with Gasteiger partial charge in [-0.3, -0.25) is 9.59 Å². The van der Waals surface area contributed by atoms with Crippen LogP contribution < -0.4 is 20.1 Å². The summed E-state index contributed by atoms with van der Waals surface area (Å²) in [4.78, 5) is 23.4. The molecule has 0 spiro atoms. The van der Waals surface area contributed by atoms with E-state index >= 15 is 0 Å². The molecular formula is C21H26N2O4. The maximum absolute atomic E-state index is 11.8. The molecular weight excluding hydrogens is 344 g/mol. The summed E-state index contributed by atoms with van der Waals surface area (Å²) in [5.41, 5.74) is 0.834. The van der Waals surface area contributed by atoms with Gasteiger partial charge in [0, 0.05) is 5.54 Å². The van der Waals surface area contributed by atoms with Crippen LogP contribution in [0.15, 0.2) is 48.5 Å². The summed E-state index contributed by atoms with van der Waals surface area (Å²) in [5.74, 6) is 1.37. The van der Waals surface area contributed by atoms with Crippen LogP contribution in [0.2, 0.25) is 0 Å². The molecule has 0 heterocycles. The van der Waals surface area contributed by atoms with Crippen molar-refractivity contribution in [3.63, 3.8) is 0 Å². The summed E-state index contributed by atoms with van der Waals surface area (Å²) >= 11 is 0. The quantitative estimate of drug-likeness (QED) is 0.785. The molecule has 0 aliphatic heterocycles. The van der Waals surface area contributed by atoms with Crippen LogP contribution in [-0.2, 0) is 9.59 Å². The average molecular weight is 370 g/mol. The number of ether oxygens (including phenoxy) is 2. The van der Waals surface area contributed by atoms with E-state index in [1.54, 1.807) is 24.3 Å². The molecule has 2 aromatic rings. The van der Waals surface area contributed by atoms with Gasteiger partial charge in [0.2, 0.25) is 5.91 Å². The summed E-state index contributed by atoms with van der Waals surface area (Å²) in [5, 5.41) is 5.29. The largest absolute Gasteiger partial charge is 0.484 e. The first-order valence-electron chi connectivity index (χ1n) is 8.76. The Bertz CT molecular complexity index is 762. The van der Waals surface area contributed by atoms with Crippen molar-refractivity contribution in [3.05, 3.63) is 54.1 Å². The van der Waals surface area contributed by atoms with Crippen LogP contribution in [0.4, 0.5) is 0 Å². The molecule has 0 saturated heterocycles. The fourth-order valence-electron chi connectivity index (χ4n) is 2.19. The van der Waals surface area contributed by atoms with E-state index in [4.69, 9.17) is 9.47 Å². The molecule has 0 aliphatic rings. The Morgan fingerprint density at radius 3 is 1.93 bits per heavy atom. The monoisotopic (exact) mass is 370 g/mol. The molecule has 6 nitrogen and oxygen atoms in total. The molecule has 0 saturated carbocycles. The molecule has 144 valence electrons. The van der Waals surface area contributed by atoms with Gasteiger partial charge in [-0.1, -0.05) is 17.7 Å². The van der Waals surface area contributed by atoms with E-state index in [2.05, 4.69) is 10.6 Å². The smallest absolute Gasteiger partial charge is 0.258 e. The highest BCUT2D eigenvalue weighted by molar-refractivity contribution is 5.85. The molecule has 0 atom stereocenters. The highest BCUT2D eigenvalue weighted by Gasteiger charge is 2.14. The molecule has 0 unspecified atom stereocenters. The SMILES string of the molecule is Cc1ccc(Oc2ccc(OCC(=O)NCC(=O)NC(C)(C)C)cc2)cc1. The highest BCUT2D eigenvalue weighted by atomic mass is 16.5. The second-order valence-corrected chi connectivity index (χ2v) is 7.25. The normalized spacial score (nSPS) is 10.8. The predicted octanol–water partition coefficient (Wildman–Crippen LogP) is 3.20. The van der Waals surface area contributed by atoms with Gasteiger partial charge in [0.1, 0.15) is 17.2 Å². The zero-order valence-electron chi connectivity index (χ0n) is 16.2. The van der Waals surface area contributed by atoms with Crippen LogP contribution in [0.5, 0.6) is 17.2 Å². The number of carbonyl (C=O) groups is 2. The summed E-state index contributed by atoms with van der Waals surface area (Å²) in [6.07, 6.45) is 0. The van der Waals surface area contributed by atoms with E-state index < -0.39 is 0 Å². The summed E-state index contributed by atoms with van der Waals surface area (Å²) in [6.45, 7) is 7.40. The van der Waals surface area contributed by atoms with Gasteiger partial charge >= 0.3 is 0 Å². The minimum atomic E-state index is -0.362. The summed E-state index contributed by atoms with van der Waals surface area (Å²) in [7, 11) is 0. The molecule has 0 aromatic heterocycles. The maximum Gasteiger partial charge on any atom is 0.258 e. The first-order chi connectivity index (χ1) is 12.7. The minimum Gasteiger partial charge on any atom is -0.484 e. The van der Waals surface area contributed by atoms with Gasteiger partial charge in [0.05, 0.1) is 6.54 Å². The van der Waals surface area contributed by atoms with E-state index in [0.29, 0.717) is 11.5 Å². The van der Waals surface area contributed by atoms with Crippen molar-refractivity contribution in [1.29, 1.82) is 0 Å². The first kappa shape index (κ1) is 20.3. The predicted molar refractivity (Wildman–Crippen MR) is 104 cm³/mol. The summed E-state index contributed by atoms with van der Waals surface area (Å²) < 4.78 is 11.2. The third-order valence-corrected chi connectivity index (χ3v) is 3.41. The molecule has 2 amide bonds. The number of rotatable bonds is 7. The van der Waals surface area contributed by atoms with E-state index in [1.165, 1.54) is 5.56 Å². The van der Waals surface area contributed by atoms with Crippen molar-refractivity contribution in [1.82, 2.24) is 10.6 Å². The van der Waals surface area contributed by atoms with Gasteiger partial charge in [-0.05, 0) is 64.1 Å². The number of hydrogen-bond acceptors (Lipinski definition) is 4. The second kappa shape index (κ2) is 9.07. The van der Waals surface area contributed by atoms with Gasteiger partial charge in [-0.2, -0.15) is 0 Å². The molecule has 27 heavy (non-hydrogen) atoms. The lowest BCUT2D eigenvalue weighted by Crippen LogP contribution is -2.46. The lowest BCUT2D eigenvalue weighted by atomic mass is 10.1. The van der Waals surface area contributed by atoms with Crippen molar-refractivity contribution < 1.29 is 19.1 Å². The lowest BCUT2D eigenvalue weighted by molar-refractivity contribution is -0.127. The number of amides is 2. The third kappa shape index (κ3) is 7.81. The Kier molecular flexibility index (Phi) is 6.82. The van der Waals surface area contributed by atoms with Crippen LogP contribution in [0, 0.1) is 6.92 Å². The van der Waals surface area contributed by atoms with Gasteiger partial charge in [0.15, 0.2) is 6.61 Å². The van der Waals surface area contributed by atoms with Gasteiger partial charge in [-0.15, -0.1) is 0 Å². The zero-order chi connectivity index (χ0) is 19.9. The Labute approximate surface area is 159 Å². The van der Waals surface area contributed by atoms with Crippen LogP contribution in [0.1, 0.15) is 26.3 Å². The van der Waals surface area contributed by atoms with E-state index in [0.717, 1.165) is 5.75 Å². The average Bonchev–Trinajstić information content (AvgIpc) is 2.60. The van der Waals surface area contributed by atoms with Crippen LogP contribution in [-0.4, -0.2) is 30.5 Å². The standard InChI is InChI=1S/C21H26N2O4/c1-15-5-7-17(8-6-15)27-18-11-9-16(10-12-18)26-14-20(25)22-13-19(24)23-21(2,3)4/h5-12H,13-14H2,1-4H3,(H,22,25)(H,23,24). The van der Waals surface area contributed by atoms with Crippen LogP contribution >= 0.6 is 0 Å². The summed E-state index contributed by atoms with van der Waals surface area (Å²) in [6, 6.07) is 14.8. The van der Waals surface area contributed by atoms with E-state index in [9.17, 15) is 9.59 Å². The molecule has 0 aliphatic carbocycles. The van der Waals surface area contributed by atoms with Crippen molar-refractivity contribution in [2.75, 3.05) is 13.2 Å². The van der Waals surface area contributed by atoms with Crippen LogP contribution in [0.3, 0.4) is 0 Å². The van der Waals surface area contributed by atoms with Gasteiger partial charge in [0.25, 0.3) is 5.91 Å². The van der Waals surface area contributed by atoms with Gasteiger partial charge < -0.3 is 20.1 Å². The Morgan fingerprint density at radius 1 is 0.852 bits per heavy atom. The number of benzene rings is 2. The molecule has 6 heteroatoms. The van der Waals surface area contributed by atoms with Crippen molar-refractivity contribution in [2.45, 2.75) is 33.2 Å². The zero-order valence-corrected chi connectivity index (χ0v) is 16.2. The van der Waals surface area contributed by atoms with Crippen molar-refractivity contribution >= 4 is 11.8 Å². The molecule has 0 radical (unpaired) electrons. The Balaban J connectivity index is 1.75. The Morgan fingerprint density at radius 2 is 1.37 bits per heavy atom. The molecule has 2 rings (SSSR count). The second-order valence-electron chi connectivity index (χ2n) is 7.25. The molecule has 2 N–H and O–H groups in total. The number of hydrogen-bond donors (Lipinski definition) is 2. The van der Waals surface area contributed by atoms with Gasteiger partial charge in [-0.25, -0.2) is 0 Å². The minimum absolute atomic E-state index is 0.0806. The van der Waals surface area contributed by atoms with E-state index in [1.807, 2.05) is 52.0 Å². The molecule has 0 bridgehead atoms. The van der Waals surface area contributed by atoms with Crippen molar-refractivity contribution in [2.24, 2.45) is 0 Å². The first-order valence-corrected chi connectivity index (χ1v) is 8.76. The van der Waals surface area contributed by atoms with Crippen LogP contribution in [0.25, 0.3) is 0 Å². The van der Waals surface area contributed by atoms with E-state index in [-0.39, 0.29) is 30.5 Å². The lowest BCUT2D eigenvalue weighted by Gasteiger charge is -2.20. The fraction of sp³-hybridized carbons (Fsp3) is 0.333. The third-order valence-electron chi connectivity index (χ3n) is 3.41. The number of aryl methyl sites for hydroxylation is 1. The molecule has 0 fully saturated rings. The topological polar surface area (TPSA) is 76.7 Å². The highest BCUT2D eigenvalue weighted by Crippen LogP contribution is 2.24. The maximum atomic E-state index is 11.8. The Hall–Kier alpha value is -3.02. The fourth-order valence-corrected chi connectivity index (χ4v) is 2.19. The molecule has 2 aromatic carbocycles. The number of nitrogens with one attached hydrogen (secondary N) is 2.